The zero-order valence-electron chi connectivity index (χ0n) is 10.4. The number of hydrogen-bond donors (Lipinski definition) is 1. The molecule has 1 aliphatic rings. The van der Waals surface area contributed by atoms with E-state index in [1.54, 1.807) is 0 Å². The Morgan fingerprint density at radius 1 is 1.44 bits per heavy atom. The average Bonchev–Trinajstić information content (AvgIpc) is 2.26. The van der Waals surface area contributed by atoms with Crippen molar-refractivity contribution in [2.24, 2.45) is 0 Å². The quantitative estimate of drug-likeness (QED) is 0.820. The number of piperazine rings is 1. The second-order valence-electron chi connectivity index (χ2n) is 5.33. The third kappa shape index (κ3) is 2.60. The molecule has 3 heteroatoms. The number of aromatic nitrogens is 1. The molecule has 1 saturated heterocycles. The van der Waals surface area contributed by atoms with Gasteiger partial charge in [-0.3, -0.25) is 9.88 Å². The van der Waals surface area contributed by atoms with Gasteiger partial charge < -0.3 is 5.32 Å². The van der Waals surface area contributed by atoms with Crippen molar-refractivity contribution in [3.8, 4) is 0 Å². The summed E-state index contributed by atoms with van der Waals surface area (Å²) in [5.74, 6) is 0. The molecule has 2 rings (SSSR count). The maximum absolute atomic E-state index is 4.06. The summed E-state index contributed by atoms with van der Waals surface area (Å²) >= 11 is 0. The predicted octanol–water partition coefficient (Wildman–Crippen LogP) is 1.65. The maximum atomic E-state index is 4.06. The minimum absolute atomic E-state index is 0.232. The lowest BCUT2D eigenvalue weighted by Crippen LogP contribution is -2.60. The van der Waals surface area contributed by atoms with Gasteiger partial charge in [-0.05, 0) is 38.5 Å². The zero-order chi connectivity index (χ0) is 11.6. The van der Waals surface area contributed by atoms with Crippen molar-refractivity contribution in [2.45, 2.75) is 38.9 Å². The minimum Gasteiger partial charge on any atom is -0.311 e. The SMILES string of the molecule is CC1CN(Cc2ccncc2)C(C)(C)CN1. The van der Waals surface area contributed by atoms with Gasteiger partial charge in [0.05, 0.1) is 0 Å². The number of pyridine rings is 1. The van der Waals surface area contributed by atoms with Crippen LogP contribution in [0.2, 0.25) is 0 Å². The van der Waals surface area contributed by atoms with Gasteiger partial charge >= 0.3 is 0 Å². The fourth-order valence-electron chi connectivity index (χ4n) is 2.17. The number of nitrogens with one attached hydrogen (secondary N) is 1. The van der Waals surface area contributed by atoms with E-state index in [-0.39, 0.29) is 5.54 Å². The molecule has 3 nitrogen and oxygen atoms in total. The second-order valence-corrected chi connectivity index (χ2v) is 5.33. The van der Waals surface area contributed by atoms with Crippen molar-refractivity contribution >= 4 is 0 Å². The van der Waals surface area contributed by atoms with E-state index in [2.05, 4.69) is 48.1 Å². The highest BCUT2D eigenvalue weighted by Gasteiger charge is 2.31. The Morgan fingerprint density at radius 3 is 2.81 bits per heavy atom. The summed E-state index contributed by atoms with van der Waals surface area (Å²) in [5, 5.41) is 3.53. The van der Waals surface area contributed by atoms with Crippen molar-refractivity contribution in [3.63, 3.8) is 0 Å². The molecule has 1 atom stereocenters. The zero-order valence-corrected chi connectivity index (χ0v) is 10.4. The highest BCUT2D eigenvalue weighted by Crippen LogP contribution is 2.20. The van der Waals surface area contributed by atoms with Gasteiger partial charge in [0.25, 0.3) is 0 Å². The topological polar surface area (TPSA) is 28.2 Å². The van der Waals surface area contributed by atoms with Crippen LogP contribution >= 0.6 is 0 Å². The fraction of sp³-hybridized carbons (Fsp3) is 0.615. The molecule has 1 aromatic heterocycles. The molecule has 0 aliphatic carbocycles. The summed E-state index contributed by atoms with van der Waals surface area (Å²) < 4.78 is 0. The van der Waals surface area contributed by atoms with Crippen LogP contribution in [0.3, 0.4) is 0 Å². The van der Waals surface area contributed by atoms with Gasteiger partial charge in [0.1, 0.15) is 0 Å². The van der Waals surface area contributed by atoms with E-state index in [0.29, 0.717) is 6.04 Å². The average molecular weight is 219 g/mol. The lowest BCUT2D eigenvalue weighted by molar-refractivity contribution is 0.0626. The first-order valence-electron chi connectivity index (χ1n) is 5.95. The third-order valence-corrected chi connectivity index (χ3v) is 3.36. The van der Waals surface area contributed by atoms with Crippen molar-refractivity contribution in [2.75, 3.05) is 13.1 Å². The Kier molecular flexibility index (Phi) is 3.26. The van der Waals surface area contributed by atoms with Crippen LogP contribution in [0.4, 0.5) is 0 Å². The monoisotopic (exact) mass is 219 g/mol. The molecule has 0 spiro atoms. The van der Waals surface area contributed by atoms with E-state index in [1.165, 1.54) is 5.56 Å². The summed E-state index contributed by atoms with van der Waals surface area (Å²) in [4.78, 5) is 6.60. The van der Waals surface area contributed by atoms with Crippen LogP contribution in [-0.4, -0.2) is 34.6 Å². The van der Waals surface area contributed by atoms with Gasteiger partial charge in [-0.1, -0.05) is 0 Å². The second kappa shape index (κ2) is 4.52. The molecule has 88 valence electrons. The van der Waals surface area contributed by atoms with Crippen LogP contribution in [0.15, 0.2) is 24.5 Å². The first-order valence-corrected chi connectivity index (χ1v) is 5.95. The summed E-state index contributed by atoms with van der Waals surface area (Å²) in [6, 6.07) is 4.78. The fourth-order valence-corrected chi connectivity index (χ4v) is 2.17. The van der Waals surface area contributed by atoms with Gasteiger partial charge in [-0.15, -0.1) is 0 Å². The number of hydrogen-bond acceptors (Lipinski definition) is 3. The highest BCUT2D eigenvalue weighted by molar-refractivity contribution is 5.10. The summed E-state index contributed by atoms with van der Waals surface area (Å²) in [7, 11) is 0. The Morgan fingerprint density at radius 2 is 2.12 bits per heavy atom. The van der Waals surface area contributed by atoms with E-state index >= 15 is 0 Å². The molecule has 1 aliphatic heterocycles. The van der Waals surface area contributed by atoms with E-state index < -0.39 is 0 Å². The van der Waals surface area contributed by atoms with Crippen molar-refractivity contribution < 1.29 is 0 Å². The number of rotatable bonds is 2. The molecule has 1 N–H and O–H groups in total. The van der Waals surface area contributed by atoms with Crippen LogP contribution in [0.1, 0.15) is 26.3 Å². The molecule has 0 saturated carbocycles. The molecule has 0 aromatic carbocycles. The van der Waals surface area contributed by atoms with Crippen molar-refractivity contribution in [3.05, 3.63) is 30.1 Å². The normalized spacial score (nSPS) is 25.6. The maximum Gasteiger partial charge on any atom is 0.0281 e. The van der Waals surface area contributed by atoms with Gasteiger partial charge in [0.15, 0.2) is 0 Å². The van der Waals surface area contributed by atoms with E-state index in [1.807, 2.05) is 12.4 Å². The molecule has 0 amide bonds. The Labute approximate surface area is 97.9 Å². The third-order valence-electron chi connectivity index (χ3n) is 3.36. The predicted molar refractivity (Wildman–Crippen MR) is 66.2 cm³/mol. The van der Waals surface area contributed by atoms with E-state index in [4.69, 9.17) is 0 Å². The first-order chi connectivity index (χ1) is 7.58. The Balaban J connectivity index is 2.07. The van der Waals surface area contributed by atoms with Crippen molar-refractivity contribution in [1.29, 1.82) is 0 Å². The van der Waals surface area contributed by atoms with Crippen LogP contribution in [0, 0.1) is 0 Å². The summed E-state index contributed by atoms with van der Waals surface area (Å²) in [6.45, 7) is 10.0. The molecule has 16 heavy (non-hydrogen) atoms. The Bertz CT molecular complexity index is 334. The lowest BCUT2D eigenvalue weighted by atomic mass is 9.97. The molecule has 1 unspecified atom stereocenters. The highest BCUT2D eigenvalue weighted by atomic mass is 15.3. The van der Waals surface area contributed by atoms with Gasteiger partial charge in [-0.25, -0.2) is 0 Å². The van der Waals surface area contributed by atoms with Crippen LogP contribution in [0.5, 0.6) is 0 Å². The summed E-state index contributed by atoms with van der Waals surface area (Å²) in [6.07, 6.45) is 3.74. The Hall–Kier alpha value is -0.930. The lowest BCUT2D eigenvalue weighted by Gasteiger charge is -2.45. The largest absolute Gasteiger partial charge is 0.311 e. The molecule has 2 heterocycles. The standard InChI is InChI=1S/C13H21N3/c1-11-8-16(13(2,3)10-15-11)9-12-4-6-14-7-5-12/h4-7,11,15H,8-10H2,1-3H3. The molecular weight excluding hydrogens is 198 g/mol. The van der Waals surface area contributed by atoms with Crippen molar-refractivity contribution in [1.82, 2.24) is 15.2 Å². The summed E-state index contributed by atoms with van der Waals surface area (Å²) in [5.41, 5.74) is 1.58. The number of nitrogens with zero attached hydrogens (tertiary/aromatic N) is 2. The molecule has 1 fully saturated rings. The van der Waals surface area contributed by atoms with Gasteiger partial charge in [0.2, 0.25) is 0 Å². The first kappa shape index (κ1) is 11.6. The van der Waals surface area contributed by atoms with E-state index in [0.717, 1.165) is 19.6 Å². The van der Waals surface area contributed by atoms with Crippen LogP contribution in [0.25, 0.3) is 0 Å². The minimum atomic E-state index is 0.232. The van der Waals surface area contributed by atoms with Gasteiger partial charge in [-0.2, -0.15) is 0 Å². The molecule has 0 radical (unpaired) electrons. The van der Waals surface area contributed by atoms with Crippen LogP contribution in [-0.2, 0) is 6.54 Å². The van der Waals surface area contributed by atoms with Gasteiger partial charge in [0, 0.05) is 43.6 Å². The molecule has 0 bridgehead atoms. The molecular formula is C13H21N3. The smallest absolute Gasteiger partial charge is 0.0281 e. The van der Waals surface area contributed by atoms with Crippen LogP contribution < -0.4 is 5.32 Å². The van der Waals surface area contributed by atoms with E-state index in [9.17, 15) is 0 Å². The molecule has 1 aromatic rings.